The molecule has 0 radical (unpaired) electrons. The van der Waals surface area contributed by atoms with Crippen LogP contribution in [0.5, 0.6) is 11.5 Å². The first-order valence-corrected chi connectivity index (χ1v) is 9.57. The third-order valence-electron chi connectivity index (χ3n) is 5.52. The normalized spacial score (nSPS) is 23.7. The third kappa shape index (κ3) is 3.65. The predicted octanol–water partition coefficient (Wildman–Crippen LogP) is 3.19. The molecule has 1 saturated heterocycles. The molecule has 2 heterocycles. The fraction of sp³-hybridized carbons (Fsp3) is 0.409. The number of para-hydroxylation sites is 2. The van der Waals surface area contributed by atoms with Crippen LogP contribution in [-0.2, 0) is 4.79 Å². The van der Waals surface area contributed by atoms with E-state index in [9.17, 15) is 9.90 Å². The summed E-state index contributed by atoms with van der Waals surface area (Å²) in [5.41, 5.74) is 0.941. The Hall–Kier alpha value is -2.53. The number of carbonyl (C=O) groups excluding carboxylic acids is 1. The molecule has 4 rings (SSSR count). The number of aliphatic hydroxyl groups excluding tert-OH is 1. The van der Waals surface area contributed by atoms with Crippen LogP contribution in [0, 0.1) is 5.92 Å². The van der Waals surface area contributed by atoms with E-state index in [-0.39, 0.29) is 17.9 Å². The average Bonchev–Trinajstić information content (AvgIpc) is 2.73. The van der Waals surface area contributed by atoms with Crippen molar-refractivity contribution in [2.45, 2.75) is 38.1 Å². The van der Waals surface area contributed by atoms with Crippen LogP contribution in [0.15, 0.2) is 54.6 Å². The van der Waals surface area contributed by atoms with Crippen molar-refractivity contribution in [1.29, 1.82) is 0 Å². The largest absolute Gasteiger partial charge is 0.482 e. The molecule has 142 valence electrons. The number of likely N-dealkylation sites (tertiary alicyclic amines) is 1. The van der Waals surface area contributed by atoms with Gasteiger partial charge in [0, 0.05) is 13.1 Å². The zero-order valence-corrected chi connectivity index (χ0v) is 15.5. The van der Waals surface area contributed by atoms with Crippen LogP contribution in [0.2, 0.25) is 0 Å². The van der Waals surface area contributed by atoms with E-state index in [1.165, 1.54) is 0 Å². The molecule has 1 fully saturated rings. The summed E-state index contributed by atoms with van der Waals surface area (Å²) in [6.45, 7) is 3.12. The average molecular weight is 367 g/mol. The Balaban J connectivity index is 1.38. The van der Waals surface area contributed by atoms with Crippen LogP contribution in [0.1, 0.15) is 31.4 Å². The molecule has 0 saturated carbocycles. The van der Waals surface area contributed by atoms with E-state index in [4.69, 9.17) is 9.47 Å². The van der Waals surface area contributed by atoms with Gasteiger partial charge in [-0.2, -0.15) is 0 Å². The van der Waals surface area contributed by atoms with E-state index in [0.29, 0.717) is 24.6 Å². The van der Waals surface area contributed by atoms with Gasteiger partial charge in [0.2, 0.25) is 6.10 Å². The molecule has 27 heavy (non-hydrogen) atoms. The molecule has 0 aromatic heterocycles. The lowest BCUT2D eigenvalue weighted by molar-refractivity contribution is -0.146. The maximum Gasteiger partial charge on any atom is 0.267 e. The highest BCUT2D eigenvalue weighted by Crippen LogP contribution is 2.35. The molecular formula is C22H25NO4. The van der Waals surface area contributed by atoms with Crippen molar-refractivity contribution >= 4 is 5.91 Å². The summed E-state index contributed by atoms with van der Waals surface area (Å²) in [5, 5.41) is 10.6. The number of carbonyl (C=O) groups is 1. The number of piperidine rings is 1. The maximum absolute atomic E-state index is 13.0. The summed E-state index contributed by atoms with van der Waals surface area (Å²) >= 11 is 0. The van der Waals surface area contributed by atoms with Crippen molar-refractivity contribution < 1.29 is 19.4 Å². The van der Waals surface area contributed by atoms with E-state index in [1.54, 1.807) is 0 Å². The molecule has 2 aliphatic rings. The number of benzene rings is 2. The van der Waals surface area contributed by atoms with Crippen molar-refractivity contribution in [3.63, 3.8) is 0 Å². The zero-order chi connectivity index (χ0) is 18.8. The third-order valence-corrected chi connectivity index (χ3v) is 5.52. The number of fused-ring (bicyclic) bond motifs is 1. The van der Waals surface area contributed by atoms with Crippen LogP contribution in [0.3, 0.4) is 0 Å². The number of rotatable bonds is 3. The molecule has 1 amide bonds. The second kappa shape index (κ2) is 7.61. The van der Waals surface area contributed by atoms with E-state index in [2.05, 4.69) is 0 Å². The SMILES string of the molecule is CC1Oc2ccccc2OC1C(=O)N1CCC(C(O)c2ccccc2)CC1. The number of ether oxygens (including phenoxy) is 2. The summed E-state index contributed by atoms with van der Waals surface area (Å²) in [4.78, 5) is 14.8. The molecular weight excluding hydrogens is 342 g/mol. The van der Waals surface area contributed by atoms with Gasteiger partial charge in [-0.1, -0.05) is 42.5 Å². The minimum atomic E-state index is -0.629. The molecule has 2 aromatic carbocycles. The monoisotopic (exact) mass is 367 g/mol. The van der Waals surface area contributed by atoms with E-state index < -0.39 is 12.2 Å². The van der Waals surface area contributed by atoms with Gasteiger partial charge >= 0.3 is 0 Å². The Bertz CT molecular complexity index is 786. The van der Waals surface area contributed by atoms with Crippen molar-refractivity contribution in [2.75, 3.05) is 13.1 Å². The molecule has 3 atom stereocenters. The van der Waals surface area contributed by atoms with Crippen molar-refractivity contribution in [2.24, 2.45) is 5.92 Å². The highest BCUT2D eigenvalue weighted by Gasteiger charge is 2.38. The van der Waals surface area contributed by atoms with Crippen LogP contribution >= 0.6 is 0 Å². The summed E-state index contributed by atoms with van der Waals surface area (Å²) in [5.74, 6) is 1.42. The van der Waals surface area contributed by atoms with Gasteiger partial charge in [-0.15, -0.1) is 0 Å². The molecule has 0 spiro atoms. The molecule has 2 aliphatic heterocycles. The number of hydrogen-bond acceptors (Lipinski definition) is 4. The zero-order valence-electron chi connectivity index (χ0n) is 15.5. The molecule has 0 aliphatic carbocycles. The van der Waals surface area contributed by atoms with Gasteiger partial charge < -0.3 is 19.5 Å². The quantitative estimate of drug-likeness (QED) is 0.905. The van der Waals surface area contributed by atoms with Gasteiger partial charge in [-0.05, 0) is 43.4 Å². The van der Waals surface area contributed by atoms with E-state index in [1.807, 2.05) is 66.4 Å². The molecule has 5 heteroatoms. The predicted molar refractivity (Wildman–Crippen MR) is 102 cm³/mol. The molecule has 5 nitrogen and oxygen atoms in total. The fourth-order valence-electron chi connectivity index (χ4n) is 3.93. The van der Waals surface area contributed by atoms with Gasteiger partial charge in [0.1, 0.15) is 6.10 Å². The standard InChI is InChI=1S/C22H25NO4/c1-15-21(27-19-10-6-5-9-18(19)26-15)22(25)23-13-11-17(12-14-23)20(24)16-7-3-2-4-8-16/h2-10,15,17,20-21,24H,11-14H2,1H3. The number of amides is 1. The first kappa shape index (κ1) is 17.9. The van der Waals surface area contributed by atoms with Crippen LogP contribution < -0.4 is 9.47 Å². The second-order valence-electron chi connectivity index (χ2n) is 7.33. The molecule has 2 aromatic rings. The van der Waals surface area contributed by atoms with Gasteiger partial charge in [0.05, 0.1) is 6.10 Å². The first-order chi connectivity index (χ1) is 13.1. The van der Waals surface area contributed by atoms with Gasteiger partial charge in [-0.3, -0.25) is 4.79 Å². The fourth-order valence-corrected chi connectivity index (χ4v) is 3.93. The molecule has 3 unspecified atom stereocenters. The minimum absolute atomic E-state index is 0.0374. The molecule has 0 bridgehead atoms. The topological polar surface area (TPSA) is 59.0 Å². The highest BCUT2D eigenvalue weighted by molar-refractivity contribution is 5.82. The Morgan fingerprint density at radius 2 is 1.59 bits per heavy atom. The number of aliphatic hydroxyl groups is 1. The summed E-state index contributed by atoms with van der Waals surface area (Å²) in [6.07, 6.45) is 0.111. The Morgan fingerprint density at radius 3 is 2.26 bits per heavy atom. The number of nitrogens with zero attached hydrogens (tertiary/aromatic N) is 1. The van der Waals surface area contributed by atoms with Crippen LogP contribution in [0.25, 0.3) is 0 Å². The Morgan fingerprint density at radius 1 is 1.00 bits per heavy atom. The molecule has 1 N–H and O–H groups in total. The summed E-state index contributed by atoms with van der Waals surface area (Å²) in [6, 6.07) is 17.2. The van der Waals surface area contributed by atoms with Gasteiger partial charge in [-0.25, -0.2) is 0 Å². The Kier molecular flexibility index (Phi) is 5.03. The minimum Gasteiger partial charge on any atom is -0.482 e. The van der Waals surface area contributed by atoms with Crippen LogP contribution in [-0.4, -0.2) is 41.2 Å². The van der Waals surface area contributed by atoms with Crippen molar-refractivity contribution in [1.82, 2.24) is 4.90 Å². The van der Waals surface area contributed by atoms with Crippen LogP contribution in [0.4, 0.5) is 0 Å². The first-order valence-electron chi connectivity index (χ1n) is 9.57. The van der Waals surface area contributed by atoms with Crippen molar-refractivity contribution in [3.8, 4) is 11.5 Å². The lowest BCUT2D eigenvalue weighted by Crippen LogP contribution is -2.52. The summed E-state index contributed by atoms with van der Waals surface area (Å²) in [7, 11) is 0. The lowest BCUT2D eigenvalue weighted by Gasteiger charge is -2.38. The van der Waals surface area contributed by atoms with E-state index in [0.717, 1.165) is 18.4 Å². The van der Waals surface area contributed by atoms with Crippen molar-refractivity contribution in [3.05, 3.63) is 60.2 Å². The smallest absolute Gasteiger partial charge is 0.267 e. The lowest BCUT2D eigenvalue weighted by atomic mass is 9.87. The van der Waals surface area contributed by atoms with Gasteiger partial charge in [0.15, 0.2) is 11.5 Å². The van der Waals surface area contributed by atoms with E-state index >= 15 is 0 Å². The Labute approximate surface area is 159 Å². The highest BCUT2D eigenvalue weighted by atomic mass is 16.6. The summed E-state index contributed by atoms with van der Waals surface area (Å²) < 4.78 is 11.8. The second-order valence-corrected chi connectivity index (χ2v) is 7.33. The maximum atomic E-state index is 13.0. The number of hydrogen-bond donors (Lipinski definition) is 1. The van der Waals surface area contributed by atoms with Gasteiger partial charge in [0.25, 0.3) is 5.91 Å².